The van der Waals surface area contributed by atoms with Crippen molar-refractivity contribution in [3.63, 3.8) is 0 Å². The van der Waals surface area contributed by atoms with E-state index in [9.17, 15) is 0 Å². The van der Waals surface area contributed by atoms with Gasteiger partial charge in [-0.1, -0.05) is 5.16 Å². The highest BCUT2D eigenvalue weighted by Gasteiger charge is 2.19. The minimum atomic E-state index is 0.221. The molecule has 0 aliphatic carbocycles. The zero-order valence-electron chi connectivity index (χ0n) is 14.9. The van der Waals surface area contributed by atoms with Crippen LogP contribution in [0.1, 0.15) is 24.2 Å². The lowest BCUT2D eigenvalue weighted by atomic mass is 10.0. The number of aryl methyl sites for hydroxylation is 2. The van der Waals surface area contributed by atoms with Gasteiger partial charge in [0.25, 0.3) is 0 Å². The van der Waals surface area contributed by atoms with E-state index in [2.05, 4.69) is 20.4 Å². The predicted octanol–water partition coefficient (Wildman–Crippen LogP) is 3.40. The molecule has 1 fully saturated rings. The number of anilines is 1. The van der Waals surface area contributed by atoms with Crippen LogP contribution in [0.4, 0.5) is 5.95 Å². The van der Waals surface area contributed by atoms with E-state index in [4.69, 9.17) is 14.2 Å². The molecule has 4 rings (SSSR count). The molecular formula is C19H21N5O2. The van der Waals surface area contributed by atoms with Crippen LogP contribution < -0.4 is 5.32 Å². The lowest BCUT2D eigenvalue weighted by Gasteiger charge is -2.13. The molecule has 0 amide bonds. The van der Waals surface area contributed by atoms with Crippen LogP contribution in [0.2, 0.25) is 0 Å². The maximum absolute atomic E-state index is 5.65. The van der Waals surface area contributed by atoms with Gasteiger partial charge in [0.2, 0.25) is 5.95 Å². The highest BCUT2D eigenvalue weighted by molar-refractivity contribution is 5.79. The van der Waals surface area contributed by atoms with Gasteiger partial charge in [0, 0.05) is 42.9 Å². The minimum Gasteiger partial charge on any atom is -0.376 e. The zero-order valence-corrected chi connectivity index (χ0v) is 14.9. The molecule has 0 bridgehead atoms. The molecule has 7 heteroatoms. The van der Waals surface area contributed by atoms with Gasteiger partial charge in [-0.25, -0.2) is 9.97 Å². The third kappa shape index (κ3) is 3.43. The number of hydrogen-bond acceptors (Lipinski definition) is 7. The molecule has 1 aliphatic rings. The molecule has 0 radical (unpaired) electrons. The van der Waals surface area contributed by atoms with Gasteiger partial charge in [-0.15, -0.1) is 0 Å². The Morgan fingerprint density at radius 2 is 2.15 bits per heavy atom. The molecule has 0 aromatic carbocycles. The van der Waals surface area contributed by atoms with E-state index in [-0.39, 0.29) is 6.10 Å². The van der Waals surface area contributed by atoms with Crippen LogP contribution in [-0.4, -0.2) is 39.4 Å². The summed E-state index contributed by atoms with van der Waals surface area (Å²) in [5, 5.41) is 7.27. The first-order chi connectivity index (χ1) is 12.7. The second-order valence-electron chi connectivity index (χ2n) is 6.44. The molecule has 0 saturated carbocycles. The summed E-state index contributed by atoms with van der Waals surface area (Å²) in [5.74, 6) is 1.21. The van der Waals surface area contributed by atoms with Crippen LogP contribution in [0.3, 0.4) is 0 Å². The Labute approximate surface area is 151 Å². The van der Waals surface area contributed by atoms with Gasteiger partial charge in [0.05, 0.1) is 23.1 Å². The van der Waals surface area contributed by atoms with Gasteiger partial charge >= 0.3 is 0 Å². The minimum absolute atomic E-state index is 0.221. The first-order valence-corrected chi connectivity index (χ1v) is 8.79. The van der Waals surface area contributed by atoms with Crippen molar-refractivity contribution < 1.29 is 9.26 Å². The van der Waals surface area contributed by atoms with Crippen LogP contribution in [0.5, 0.6) is 0 Å². The first kappa shape index (κ1) is 16.7. The van der Waals surface area contributed by atoms with Gasteiger partial charge in [-0.2, -0.15) is 0 Å². The number of aromatic nitrogens is 4. The fourth-order valence-electron chi connectivity index (χ4n) is 3.09. The van der Waals surface area contributed by atoms with Crippen molar-refractivity contribution in [2.75, 3.05) is 18.5 Å². The quantitative estimate of drug-likeness (QED) is 0.754. The Balaban J connectivity index is 1.71. The van der Waals surface area contributed by atoms with Gasteiger partial charge in [-0.3, -0.25) is 4.98 Å². The molecule has 3 aromatic heterocycles. The van der Waals surface area contributed by atoms with Gasteiger partial charge < -0.3 is 14.6 Å². The number of rotatable bonds is 5. The molecule has 1 saturated heterocycles. The van der Waals surface area contributed by atoms with Crippen molar-refractivity contribution in [1.29, 1.82) is 0 Å². The van der Waals surface area contributed by atoms with Crippen molar-refractivity contribution in [3.05, 3.63) is 42.0 Å². The summed E-state index contributed by atoms with van der Waals surface area (Å²) in [7, 11) is 0. The van der Waals surface area contributed by atoms with Crippen LogP contribution in [-0.2, 0) is 4.74 Å². The summed E-state index contributed by atoms with van der Waals surface area (Å²) in [6.07, 6.45) is 5.94. The van der Waals surface area contributed by atoms with E-state index in [0.29, 0.717) is 18.3 Å². The Kier molecular flexibility index (Phi) is 4.62. The normalized spacial score (nSPS) is 16.8. The summed E-state index contributed by atoms with van der Waals surface area (Å²) >= 11 is 0. The summed E-state index contributed by atoms with van der Waals surface area (Å²) in [4.78, 5) is 13.6. The lowest BCUT2D eigenvalue weighted by Crippen LogP contribution is -2.19. The maximum Gasteiger partial charge on any atom is 0.223 e. The van der Waals surface area contributed by atoms with E-state index in [1.54, 1.807) is 12.4 Å². The van der Waals surface area contributed by atoms with Crippen LogP contribution >= 0.6 is 0 Å². The highest BCUT2D eigenvalue weighted by Crippen LogP contribution is 2.32. The maximum atomic E-state index is 5.65. The monoisotopic (exact) mass is 351 g/mol. The third-order valence-corrected chi connectivity index (χ3v) is 4.46. The number of hydrogen-bond donors (Lipinski definition) is 1. The topological polar surface area (TPSA) is 86.0 Å². The van der Waals surface area contributed by atoms with E-state index in [1.807, 2.05) is 32.0 Å². The Hall–Kier alpha value is -2.80. The number of ether oxygens (including phenoxy) is 1. The van der Waals surface area contributed by atoms with Crippen LogP contribution in [0.15, 0.2) is 35.1 Å². The van der Waals surface area contributed by atoms with Gasteiger partial charge in [0.1, 0.15) is 0 Å². The molecule has 0 unspecified atom stereocenters. The molecule has 134 valence electrons. The average molecular weight is 351 g/mol. The summed E-state index contributed by atoms with van der Waals surface area (Å²) in [5.41, 5.74) is 4.23. The highest BCUT2D eigenvalue weighted by atomic mass is 16.5. The molecule has 1 atom stereocenters. The second-order valence-corrected chi connectivity index (χ2v) is 6.44. The van der Waals surface area contributed by atoms with E-state index in [0.717, 1.165) is 47.7 Å². The summed E-state index contributed by atoms with van der Waals surface area (Å²) in [6.45, 7) is 5.38. The molecule has 1 N–H and O–H groups in total. The largest absolute Gasteiger partial charge is 0.376 e. The molecule has 26 heavy (non-hydrogen) atoms. The fourth-order valence-corrected chi connectivity index (χ4v) is 3.09. The standard InChI is InChI=1S/C19H21N5O2/c1-12-9-17(26-24-12)16-11-22-19(21-10-14-5-4-8-25-14)23-18(16)15-6-3-7-20-13(15)2/h3,6-7,9,11,14H,4-5,8,10H2,1-2H3,(H,21,22,23)/t14-/m0/s1. The fraction of sp³-hybridized carbons (Fsp3) is 0.368. The van der Waals surface area contributed by atoms with E-state index >= 15 is 0 Å². The molecule has 7 nitrogen and oxygen atoms in total. The third-order valence-electron chi connectivity index (χ3n) is 4.46. The van der Waals surface area contributed by atoms with Crippen molar-refractivity contribution in [2.45, 2.75) is 32.8 Å². The van der Waals surface area contributed by atoms with Crippen molar-refractivity contribution >= 4 is 5.95 Å². The first-order valence-electron chi connectivity index (χ1n) is 8.79. The molecular weight excluding hydrogens is 330 g/mol. The Morgan fingerprint density at radius 3 is 2.88 bits per heavy atom. The second kappa shape index (κ2) is 7.21. The molecule has 4 heterocycles. The van der Waals surface area contributed by atoms with Crippen LogP contribution in [0, 0.1) is 13.8 Å². The van der Waals surface area contributed by atoms with Crippen molar-refractivity contribution in [1.82, 2.24) is 20.1 Å². The molecule has 3 aromatic rings. The van der Waals surface area contributed by atoms with Crippen molar-refractivity contribution in [2.24, 2.45) is 0 Å². The van der Waals surface area contributed by atoms with Crippen LogP contribution in [0.25, 0.3) is 22.6 Å². The summed E-state index contributed by atoms with van der Waals surface area (Å²) in [6, 6.07) is 5.79. The van der Waals surface area contributed by atoms with Gasteiger partial charge in [0.15, 0.2) is 5.76 Å². The van der Waals surface area contributed by atoms with E-state index < -0.39 is 0 Å². The zero-order chi connectivity index (χ0) is 17.9. The lowest BCUT2D eigenvalue weighted by molar-refractivity contribution is 0.120. The number of pyridine rings is 1. The predicted molar refractivity (Wildman–Crippen MR) is 97.7 cm³/mol. The Morgan fingerprint density at radius 1 is 1.23 bits per heavy atom. The molecule has 1 aliphatic heterocycles. The molecule has 0 spiro atoms. The smallest absolute Gasteiger partial charge is 0.223 e. The Bertz CT molecular complexity index is 902. The van der Waals surface area contributed by atoms with Crippen molar-refractivity contribution in [3.8, 4) is 22.6 Å². The van der Waals surface area contributed by atoms with E-state index in [1.165, 1.54) is 0 Å². The number of nitrogens with one attached hydrogen (secondary N) is 1. The summed E-state index contributed by atoms with van der Waals surface area (Å²) < 4.78 is 11.1. The van der Waals surface area contributed by atoms with Gasteiger partial charge in [-0.05, 0) is 38.8 Å². The average Bonchev–Trinajstić information content (AvgIpc) is 3.32. The SMILES string of the molecule is Cc1cc(-c2cnc(NC[C@@H]3CCCO3)nc2-c2cccnc2C)on1. The number of nitrogens with zero attached hydrogens (tertiary/aromatic N) is 4.